The Morgan fingerprint density at radius 2 is 1.95 bits per heavy atom. The molecule has 1 aromatic carbocycles. The van der Waals surface area contributed by atoms with Crippen LogP contribution in [0.3, 0.4) is 0 Å². The van der Waals surface area contributed by atoms with Gasteiger partial charge in [-0.2, -0.15) is 0 Å². The molecule has 0 heterocycles. The van der Waals surface area contributed by atoms with Gasteiger partial charge in [0.15, 0.2) is 0 Å². The standard InChI is InChI=1S/C15H24N2O2/c1-10(2)8-11(3)19-14-7-6-12(9-13(14)16)15(18)17(4)5/h6-7,9-11H,8,16H2,1-5H3. The van der Waals surface area contributed by atoms with Crippen LogP contribution >= 0.6 is 0 Å². The molecule has 4 heteroatoms. The lowest BCUT2D eigenvalue weighted by Crippen LogP contribution is -2.22. The number of anilines is 1. The average molecular weight is 264 g/mol. The number of carbonyl (C=O) groups excluding carboxylic acids is 1. The first kappa shape index (κ1) is 15.3. The topological polar surface area (TPSA) is 55.6 Å². The lowest BCUT2D eigenvalue weighted by molar-refractivity contribution is 0.0827. The monoisotopic (exact) mass is 264 g/mol. The molecule has 0 aliphatic carbocycles. The lowest BCUT2D eigenvalue weighted by Gasteiger charge is -2.18. The molecule has 4 nitrogen and oxygen atoms in total. The third-order valence-corrected chi connectivity index (χ3v) is 2.79. The molecule has 0 bridgehead atoms. The van der Waals surface area contributed by atoms with Crippen molar-refractivity contribution in [2.75, 3.05) is 19.8 Å². The highest BCUT2D eigenvalue weighted by Crippen LogP contribution is 2.25. The summed E-state index contributed by atoms with van der Waals surface area (Å²) in [7, 11) is 3.43. The maximum atomic E-state index is 11.8. The summed E-state index contributed by atoms with van der Waals surface area (Å²) >= 11 is 0. The van der Waals surface area contributed by atoms with Crippen LogP contribution in [0.25, 0.3) is 0 Å². The van der Waals surface area contributed by atoms with Crippen molar-refractivity contribution < 1.29 is 9.53 Å². The summed E-state index contributed by atoms with van der Waals surface area (Å²) < 4.78 is 5.80. The second-order valence-corrected chi connectivity index (χ2v) is 5.51. The van der Waals surface area contributed by atoms with Gasteiger partial charge in [0, 0.05) is 19.7 Å². The van der Waals surface area contributed by atoms with E-state index in [0.29, 0.717) is 22.9 Å². The molecule has 2 N–H and O–H groups in total. The van der Waals surface area contributed by atoms with Crippen LogP contribution in [0.1, 0.15) is 37.6 Å². The number of rotatable bonds is 5. The molecule has 1 unspecified atom stereocenters. The number of nitrogens with zero attached hydrogens (tertiary/aromatic N) is 1. The first-order valence-corrected chi connectivity index (χ1v) is 6.59. The molecule has 0 aliphatic rings. The van der Waals surface area contributed by atoms with Gasteiger partial charge in [-0.25, -0.2) is 0 Å². The van der Waals surface area contributed by atoms with Crippen molar-refractivity contribution in [2.24, 2.45) is 5.92 Å². The van der Waals surface area contributed by atoms with Gasteiger partial charge >= 0.3 is 0 Å². The molecule has 0 aromatic heterocycles. The number of benzene rings is 1. The lowest BCUT2D eigenvalue weighted by atomic mass is 10.1. The molecule has 1 atom stereocenters. The number of nitrogens with two attached hydrogens (primary N) is 1. The number of carbonyl (C=O) groups is 1. The van der Waals surface area contributed by atoms with Gasteiger partial charge in [0.1, 0.15) is 5.75 Å². The Morgan fingerprint density at radius 3 is 2.42 bits per heavy atom. The largest absolute Gasteiger partial charge is 0.489 e. The summed E-state index contributed by atoms with van der Waals surface area (Å²) in [6.45, 7) is 6.34. The summed E-state index contributed by atoms with van der Waals surface area (Å²) in [6, 6.07) is 5.18. The molecule has 0 radical (unpaired) electrons. The number of nitrogen functional groups attached to an aromatic ring is 1. The van der Waals surface area contributed by atoms with Crippen molar-refractivity contribution in [2.45, 2.75) is 33.3 Å². The Kier molecular flexibility index (Phi) is 5.21. The van der Waals surface area contributed by atoms with E-state index in [2.05, 4.69) is 13.8 Å². The molecule has 0 aliphatic heterocycles. The number of ether oxygens (including phenoxy) is 1. The highest BCUT2D eigenvalue weighted by Gasteiger charge is 2.13. The first-order valence-electron chi connectivity index (χ1n) is 6.59. The van der Waals surface area contributed by atoms with Crippen LogP contribution in [0, 0.1) is 5.92 Å². The molecule has 1 amide bonds. The Balaban J connectivity index is 2.80. The molecule has 1 rings (SSSR count). The number of amides is 1. The molecule has 0 saturated heterocycles. The van der Waals surface area contributed by atoms with Crippen LogP contribution in [-0.4, -0.2) is 31.0 Å². The van der Waals surface area contributed by atoms with E-state index in [1.165, 1.54) is 4.90 Å². The summed E-state index contributed by atoms with van der Waals surface area (Å²) in [6.07, 6.45) is 1.08. The smallest absolute Gasteiger partial charge is 0.253 e. The van der Waals surface area contributed by atoms with Gasteiger partial charge in [-0.3, -0.25) is 4.79 Å². The second kappa shape index (κ2) is 6.45. The summed E-state index contributed by atoms with van der Waals surface area (Å²) in [5.74, 6) is 1.16. The zero-order chi connectivity index (χ0) is 14.6. The molecular formula is C15H24N2O2. The molecular weight excluding hydrogens is 240 g/mol. The molecule has 1 aromatic rings. The zero-order valence-electron chi connectivity index (χ0n) is 12.4. The fourth-order valence-corrected chi connectivity index (χ4v) is 1.98. The van der Waals surface area contributed by atoms with E-state index in [9.17, 15) is 4.79 Å². The van der Waals surface area contributed by atoms with E-state index in [4.69, 9.17) is 10.5 Å². The fraction of sp³-hybridized carbons (Fsp3) is 0.533. The minimum absolute atomic E-state index is 0.0616. The van der Waals surface area contributed by atoms with Gasteiger partial charge in [0.25, 0.3) is 5.91 Å². The maximum Gasteiger partial charge on any atom is 0.253 e. The van der Waals surface area contributed by atoms with Gasteiger partial charge in [-0.15, -0.1) is 0 Å². The quantitative estimate of drug-likeness (QED) is 0.832. The minimum atomic E-state index is -0.0616. The highest BCUT2D eigenvalue weighted by molar-refractivity contribution is 5.95. The molecule has 0 spiro atoms. The Labute approximate surface area is 115 Å². The van der Waals surface area contributed by atoms with Crippen molar-refractivity contribution in [1.82, 2.24) is 4.90 Å². The van der Waals surface area contributed by atoms with Crippen molar-refractivity contribution in [3.05, 3.63) is 23.8 Å². The predicted molar refractivity (Wildman–Crippen MR) is 78.4 cm³/mol. The van der Waals surface area contributed by atoms with Crippen molar-refractivity contribution in [3.8, 4) is 5.75 Å². The van der Waals surface area contributed by atoms with Gasteiger partial charge in [-0.1, -0.05) is 13.8 Å². The van der Waals surface area contributed by atoms with E-state index in [-0.39, 0.29) is 12.0 Å². The Bertz CT molecular complexity index is 442. The van der Waals surface area contributed by atoms with Gasteiger partial charge in [-0.05, 0) is 37.5 Å². The van der Waals surface area contributed by atoms with E-state index in [1.807, 2.05) is 6.92 Å². The predicted octanol–water partition coefficient (Wildman–Crippen LogP) is 2.78. The van der Waals surface area contributed by atoms with Crippen molar-refractivity contribution in [3.63, 3.8) is 0 Å². The summed E-state index contributed by atoms with van der Waals surface area (Å²) in [5, 5.41) is 0. The first-order chi connectivity index (χ1) is 8.81. The average Bonchev–Trinajstić information content (AvgIpc) is 2.29. The van der Waals surface area contributed by atoms with Crippen LogP contribution in [0.2, 0.25) is 0 Å². The van der Waals surface area contributed by atoms with Gasteiger partial charge in [0.05, 0.1) is 11.8 Å². The highest BCUT2D eigenvalue weighted by atomic mass is 16.5. The van der Waals surface area contributed by atoms with Crippen LogP contribution in [0.5, 0.6) is 5.75 Å². The number of hydrogen-bond donors (Lipinski definition) is 1. The van der Waals surface area contributed by atoms with Crippen LogP contribution < -0.4 is 10.5 Å². The van der Waals surface area contributed by atoms with Crippen LogP contribution in [0.15, 0.2) is 18.2 Å². The molecule has 106 valence electrons. The van der Waals surface area contributed by atoms with E-state index in [0.717, 1.165) is 6.42 Å². The van der Waals surface area contributed by atoms with Crippen LogP contribution in [0.4, 0.5) is 5.69 Å². The molecule has 0 saturated carbocycles. The van der Waals surface area contributed by atoms with Gasteiger partial charge in [0.2, 0.25) is 0 Å². The van der Waals surface area contributed by atoms with Crippen LogP contribution in [-0.2, 0) is 0 Å². The van der Waals surface area contributed by atoms with E-state index < -0.39 is 0 Å². The normalized spacial score (nSPS) is 12.3. The summed E-state index contributed by atoms with van der Waals surface area (Å²) in [5.41, 5.74) is 7.02. The fourth-order valence-electron chi connectivity index (χ4n) is 1.98. The number of hydrogen-bond acceptors (Lipinski definition) is 3. The maximum absolute atomic E-state index is 11.8. The summed E-state index contributed by atoms with van der Waals surface area (Å²) in [4.78, 5) is 13.3. The zero-order valence-corrected chi connectivity index (χ0v) is 12.4. The third-order valence-electron chi connectivity index (χ3n) is 2.79. The van der Waals surface area contributed by atoms with Crippen molar-refractivity contribution >= 4 is 11.6 Å². The van der Waals surface area contributed by atoms with Crippen molar-refractivity contribution in [1.29, 1.82) is 0 Å². The molecule has 0 fully saturated rings. The third kappa shape index (κ3) is 4.47. The van der Waals surface area contributed by atoms with E-state index >= 15 is 0 Å². The van der Waals surface area contributed by atoms with E-state index in [1.54, 1.807) is 32.3 Å². The Morgan fingerprint density at radius 1 is 1.32 bits per heavy atom. The minimum Gasteiger partial charge on any atom is -0.489 e. The SMILES string of the molecule is CC(C)CC(C)Oc1ccc(C(=O)N(C)C)cc1N. The Hall–Kier alpha value is -1.71. The van der Waals surface area contributed by atoms with Gasteiger partial charge < -0.3 is 15.4 Å². The second-order valence-electron chi connectivity index (χ2n) is 5.51. The molecule has 19 heavy (non-hydrogen) atoms.